The molecule has 0 aromatic carbocycles. The fourth-order valence-electron chi connectivity index (χ4n) is 1.78. The summed E-state index contributed by atoms with van der Waals surface area (Å²) in [4.78, 5) is 12.0. The second kappa shape index (κ2) is 5.69. The summed E-state index contributed by atoms with van der Waals surface area (Å²) in [6.45, 7) is 7.08. The number of carbonyl (C=O) groups is 1. The van der Waals surface area contributed by atoms with Crippen molar-refractivity contribution in [1.82, 2.24) is 24.9 Å². The summed E-state index contributed by atoms with van der Waals surface area (Å²) in [5.74, 6) is -0.0488. The quantitative estimate of drug-likeness (QED) is 0.882. The van der Waals surface area contributed by atoms with Crippen molar-refractivity contribution in [2.24, 2.45) is 0 Å². The average molecular weight is 261 g/mol. The lowest BCUT2D eigenvalue weighted by atomic mass is 10.3. The monoisotopic (exact) mass is 261 g/mol. The molecule has 0 saturated heterocycles. The van der Waals surface area contributed by atoms with Crippen LogP contribution in [-0.2, 0) is 17.9 Å². The van der Waals surface area contributed by atoms with Gasteiger partial charge in [-0.25, -0.2) is 0 Å². The van der Waals surface area contributed by atoms with Gasteiger partial charge in [0.05, 0.1) is 11.9 Å². The minimum Gasteiger partial charge on any atom is -0.350 e. The minimum absolute atomic E-state index is 0.0488. The third-order valence-electron chi connectivity index (χ3n) is 3.00. The predicted molar refractivity (Wildman–Crippen MR) is 71.4 cm³/mol. The summed E-state index contributed by atoms with van der Waals surface area (Å²) in [6, 6.07) is 1.57. The molecular formula is C13H19N5O. The molecule has 2 aromatic rings. The summed E-state index contributed by atoms with van der Waals surface area (Å²) in [5.41, 5.74) is 1.91. The molecule has 0 aliphatic carbocycles. The maximum Gasteiger partial charge on any atom is 0.244 e. The summed E-state index contributed by atoms with van der Waals surface area (Å²) in [6.07, 6.45) is 5.52. The zero-order valence-corrected chi connectivity index (χ0v) is 11.5. The van der Waals surface area contributed by atoms with E-state index in [0.29, 0.717) is 6.54 Å². The van der Waals surface area contributed by atoms with Crippen LogP contribution in [-0.4, -0.2) is 25.5 Å². The van der Waals surface area contributed by atoms with Gasteiger partial charge in [-0.1, -0.05) is 0 Å². The molecule has 0 fully saturated rings. The van der Waals surface area contributed by atoms with Crippen LogP contribution < -0.4 is 5.32 Å². The molecular weight excluding hydrogens is 242 g/mol. The van der Waals surface area contributed by atoms with Crippen LogP contribution >= 0.6 is 0 Å². The van der Waals surface area contributed by atoms with Crippen molar-refractivity contribution < 1.29 is 4.79 Å². The van der Waals surface area contributed by atoms with Gasteiger partial charge in [0.1, 0.15) is 6.04 Å². The van der Waals surface area contributed by atoms with Gasteiger partial charge in [-0.2, -0.15) is 10.2 Å². The fraction of sp³-hybridized carbons (Fsp3) is 0.462. The number of aryl methyl sites for hydroxylation is 2. The van der Waals surface area contributed by atoms with Crippen LogP contribution in [0.3, 0.4) is 0 Å². The molecule has 0 aliphatic rings. The number of carbonyl (C=O) groups excluding carboxylic acids is 1. The molecule has 0 saturated carbocycles. The maximum absolute atomic E-state index is 12.0. The molecule has 1 unspecified atom stereocenters. The van der Waals surface area contributed by atoms with E-state index in [2.05, 4.69) is 15.5 Å². The standard InChI is InChI=1S/C13H19N5O/c1-4-17-9-12(8-15-17)7-14-13(19)11(3)18-6-5-10(2)16-18/h5-6,8-9,11H,4,7H2,1-3H3,(H,14,19). The predicted octanol–water partition coefficient (Wildman–Crippen LogP) is 1.29. The number of amides is 1. The van der Waals surface area contributed by atoms with Gasteiger partial charge >= 0.3 is 0 Å². The fourth-order valence-corrected chi connectivity index (χ4v) is 1.78. The summed E-state index contributed by atoms with van der Waals surface area (Å²) >= 11 is 0. The highest BCUT2D eigenvalue weighted by atomic mass is 16.2. The Morgan fingerprint density at radius 3 is 2.89 bits per heavy atom. The van der Waals surface area contributed by atoms with E-state index in [1.807, 2.05) is 43.9 Å². The molecule has 19 heavy (non-hydrogen) atoms. The largest absolute Gasteiger partial charge is 0.350 e. The van der Waals surface area contributed by atoms with E-state index in [0.717, 1.165) is 17.8 Å². The Morgan fingerprint density at radius 1 is 1.53 bits per heavy atom. The first-order valence-corrected chi connectivity index (χ1v) is 6.41. The number of nitrogens with zero attached hydrogens (tertiary/aromatic N) is 4. The topological polar surface area (TPSA) is 64.7 Å². The van der Waals surface area contributed by atoms with Crippen LogP contribution in [0.25, 0.3) is 0 Å². The van der Waals surface area contributed by atoms with E-state index in [1.165, 1.54) is 0 Å². The van der Waals surface area contributed by atoms with Crippen molar-refractivity contribution in [1.29, 1.82) is 0 Å². The molecule has 2 rings (SSSR count). The highest BCUT2D eigenvalue weighted by molar-refractivity contribution is 5.79. The van der Waals surface area contributed by atoms with Crippen molar-refractivity contribution in [2.45, 2.75) is 39.9 Å². The first-order chi connectivity index (χ1) is 9.10. The van der Waals surface area contributed by atoms with Crippen LogP contribution in [0.5, 0.6) is 0 Å². The number of hydrogen-bond donors (Lipinski definition) is 1. The minimum atomic E-state index is -0.310. The van der Waals surface area contributed by atoms with Crippen LogP contribution in [0, 0.1) is 6.92 Å². The normalized spacial score (nSPS) is 12.4. The highest BCUT2D eigenvalue weighted by Gasteiger charge is 2.15. The lowest BCUT2D eigenvalue weighted by Gasteiger charge is -2.12. The second-order valence-electron chi connectivity index (χ2n) is 4.54. The molecule has 1 N–H and O–H groups in total. The summed E-state index contributed by atoms with van der Waals surface area (Å²) < 4.78 is 3.50. The Hall–Kier alpha value is -2.11. The molecule has 6 heteroatoms. The van der Waals surface area contributed by atoms with E-state index in [4.69, 9.17) is 0 Å². The molecule has 1 amide bonds. The SMILES string of the molecule is CCn1cc(CNC(=O)C(C)n2ccc(C)n2)cn1. The molecule has 102 valence electrons. The Labute approximate surface area is 112 Å². The molecule has 6 nitrogen and oxygen atoms in total. The number of hydrogen-bond acceptors (Lipinski definition) is 3. The molecule has 1 atom stereocenters. The van der Waals surface area contributed by atoms with Gasteiger partial charge in [0, 0.05) is 31.0 Å². The molecule has 0 radical (unpaired) electrons. The smallest absolute Gasteiger partial charge is 0.244 e. The van der Waals surface area contributed by atoms with Crippen molar-refractivity contribution >= 4 is 5.91 Å². The Morgan fingerprint density at radius 2 is 2.32 bits per heavy atom. The van der Waals surface area contributed by atoms with Crippen molar-refractivity contribution in [3.05, 3.63) is 35.9 Å². The van der Waals surface area contributed by atoms with Gasteiger partial charge in [0.2, 0.25) is 5.91 Å². The molecule has 0 aliphatic heterocycles. The Bertz CT molecular complexity index is 557. The molecule has 0 spiro atoms. The number of rotatable bonds is 5. The zero-order chi connectivity index (χ0) is 13.8. The zero-order valence-electron chi connectivity index (χ0n) is 11.5. The lowest BCUT2D eigenvalue weighted by Crippen LogP contribution is -2.30. The van der Waals surface area contributed by atoms with E-state index < -0.39 is 0 Å². The summed E-state index contributed by atoms with van der Waals surface area (Å²) in [7, 11) is 0. The lowest BCUT2D eigenvalue weighted by molar-refractivity contribution is -0.124. The van der Waals surface area contributed by atoms with E-state index in [1.54, 1.807) is 10.9 Å². The Balaban J connectivity index is 1.90. The van der Waals surface area contributed by atoms with Gasteiger partial charge in [-0.15, -0.1) is 0 Å². The van der Waals surface area contributed by atoms with Gasteiger partial charge in [-0.3, -0.25) is 14.2 Å². The number of nitrogens with one attached hydrogen (secondary N) is 1. The van der Waals surface area contributed by atoms with Gasteiger partial charge < -0.3 is 5.32 Å². The molecule has 2 heterocycles. The van der Waals surface area contributed by atoms with Crippen LogP contribution in [0.15, 0.2) is 24.7 Å². The van der Waals surface area contributed by atoms with Gasteiger partial charge in [0.15, 0.2) is 0 Å². The maximum atomic E-state index is 12.0. The van der Waals surface area contributed by atoms with Crippen molar-refractivity contribution in [3.8, 4) is 0 Å². The second-order valence-corrected chi connectivity index (χ2v) is 4.54. The van der Waals surface area contributed by atoms with Crippen LogP contribution in [0.2, 0.25) is 0 Å². The van der Waals surface area contributed by atoms with Gasteiger partial charge in [-0.05, 0) is 26.8 Å². The van der Waals surface area contributed by atoms with Gasteiger partial charge in [0.25, 0.3) is 0 Å². The Kier molecular flexibility index (Phi) is 3.99. The van der Waals surface area contributed by atoms with E-state index in [9.17, 15) is 4.79 Å². The average Bonchev–Trinajstić information content (AvgIpc) is 3.03. The third kappa shape index (κ3) is 3.21. The first kappa shape index (κ1) is 13.3. The number of aromatic nitrogens is 4. The van der Waals surface area contributed by atoms with Crippen molar-refractivity contribution in [3.63, 3.8) is 0 Å². The van der Waals surface area contributed by atoms with Crippen LogP contribution in [0.1, 0.15) is 31.1 Å². The van der Waals surface area contributed by atoms with Crippen LogP contribution in [0.4, 0.5) is 0 Å². The van der Waals surface area contributed by atoms with E-state index in [-0.39, 0.29) is 11.9 Å². The molecule has 2 aromatic heterocycles. The highest BCUT2D eigenvalue weighted by Crippen LogP contribution is 2.06. The van der Waals surface area contributed by atoms with Crippen molar-refractivity contribution in [2.75, 3.05) is 0 Å². The van der Waals surface area contributed by atoms with E-state index >= 15 is 0 Å². The third-order valence-corrected chi connectivity index (χ3v) is 3.00. The molecule has 0 bridgehead atoms. The summed E-state index contributed by atoms with van der Waals surface area (Å²) in [5, 5.41) is 11.3. The first-order valence-electron chi connectivity index (χ1n) is 6.41.